The topological polar surface area (TPSA) is 52.5 Å². The molecule has 0 spiro atoms. The molecule has 17 heavy (non-hydrogen) atoms. The van der Waals surface area contributed by atoms with E-state index in [1.165, 1.54) is 17.8 Å². The Morgan fingerprint density at radius 3 is 2.71 bits per heavy atom. The molecule has 1 aromatic rings. The smallest absolute Gasteiger partial charge is 0.137 e. The third kappa shape index (κ3) is 4.27. The number of nitrogens with one attached hydrogen (secondary N) is 1. The molecule has 0 amide bonds. The van der Waals surface area contributed by atoms with Gasteiger partial charge in [0.2, 0.25) is 0 Å². The van der Waals surface area contributed by atoms with E-state index < -0.39 is 6.10 Å². The Morgan fingerprint density at radius 2 is 2.18 bits per heavy atom. The summed E-state index contributed by atoms with van der Waals surface area (Å²) in [6.07, 6.45) is -0.810. The molecular formula is C12H18FNO2S. The highest BCUT2D eigenvalue weighted by atomic mass is 32.2. The lowest BCUT2D eigenvalue weighted by atomic mass is 10.1. The van der Waals surface area contributed by atoms with Gasteiger partial charge in [-0.1, -0.05) is 6.07 Å². The summed E-state index contributed by atoms with van der Waals surface area (Å²) in [6.45, 7) is 1.65. The van der Waals surface area contributed by atoms with Crippen molar-refractivity contribution in [2.75, 3.05) is 19.4 Å². The molecule has 0 saturated heterocycles. The second kappa shape index (κ2) is 6.96. The Hall–Kier alpha value is -0.620. The molecule has 3 nitrogen and oxygen atoms in total. The van der Waals surface area contributed by atoms with Gasteiger partial charge in [-0.05, 0) is 31.7 Å². The first kappa shape index (κ1) is 14.4. The van der Waals surface area contributed by atoms with Crippen LogP contribution in [-0.2, 0) is 0 Å². The summed E-state index contributed by atoms with van der Waals surface area (Å²) in [5.41, 5.74) is 0.886. The van der Waals surface area contributed by atoms with Crippen LogP contribution in [0.5, 0.6) is 0 Å². The third-order valence-corrected chi connectivity index (χ3v) is 3.72. The molecule has 1 rings (SSSR count). The number of aliphatic hydroxyl groups excluding tert-OH is 2. The van der Waals surface area contributed by atoms with Crippen LogP contribution in [0.15, 0.2) is 23.1 Å². The Morgan fingerprint density at radius 1 is 1.47 bits per heavy atom. The number of aliphatic hydroxyl groups is 2. The van der Waals surface area contributed by atoms with E-state index >= 15 is 0 Å². The Bertz CT molecular complexity index is 362. The lowest BCUT2D eigenvalue weighted by Crippen LogP contribution is -2.15. The van der Waals surface area contributed by atoms with Gasteiger partial charge in [-0.3, -0.25) is 0 Å². The van der Waals surface area contributed by atoms with Crippen LogP contribution in [-0.4, -0.2) is 35.7 Å². The zero-order valence-electron chi connectivity index (χ0n) is 9.98. The van der Waals surface area contributed by atoms with Crippen LogP contribution in [0.3, 0.4) is 0 Å². The third-order valence-electron chi connectivity index (χ3n) is 2.53. The van der Waals surface area contributed by atoms with Crippen molar-refractivity contribution in [3.05, 3.63) is 29.6 Å². The van der Waals surface area contributed by atoms with Gasteiger partial charge in [0.25, 0.3) is 0 Å². The second-order valence-corrected chi connectivity index (χ2v) is 4.91. The minimum Gasteiger partial charge on any atom is -0.394 e. The minimum atomic E-state index is -0.810. The predicted molar refractivity (Wildman–Crippen MR) is 67.7 cm³/mol. The summed E-state index contributed by atoms with van der Waals surface area (Å²) in [7, 11) is 1.82. The van der Waals surface area contributed by atoms with Crippen LogP contribution < -0.4 is 5.32 Å². The molecule has 0 fully saturated rings. The highest BCUT2D eigenvalue weighted by molar-refractivity contribution is 7.99. The van der Waals surface area contributed by atoms with Crippen molar-refractivity contribution >= 4 is 11.8 Å². The fourth-order valence-electron chi connectivity index (χ4n) is 1.31. The van der Waals surface area contributed by atoms with E-state index in [2.05, 4.69) is 5.32 Å². The Labute approximate surface area is 105 Å². The van der Waals surface area contributed by atoms with Gasteiger partial charge in [0.15, 0.2) is 0 Å². The second-order valence-electron chi connectivity index (χ2n) is 3.85. The van der Waals surface area contributed by atoms with Crippen LogP contribution in [0.25, 0.3) is 0 Å². The largest absolute Gasteiger partial charge is 0.394 e. The molecule has 0 aliphatic heterocycles. The molecule has 0 aliphatic rings. The number of hydrogen-bond acceptors (Lipinski definition) is 4. The normalized spacial score (nSPS) is 14.6. The van der Waals surface area contributed by atoms with E-state index in [1.807, 2.05) is 20.0 Å². The summed E-state index contributed by atoms with van der Waals surface area (Å²) in [5, 5.41) is 20.9. The molecule has 0 aromatic heterocycles. The van der Waals surface area contributed by atoms with Gasteiger partial charge >= 0.3 is 0 Å². The van der Waals surface area contributed by atoms with Crippen LogP contribution in [0.4, 0.5) is 4.39 Å². The number of thioether (sulfide) groups is 1. The van der Waals surface area contributed by atoms with Gasteiger partial charge in [-0.25, -0.2) is 4.39 Å². The van der Waals surface area contributed by atoms with Crippen molar-refractivity contribution in [3.63, 3.8) is 0 Å². The van der Waals surface area contributed by atoms with Crippen LogP contribution in [0, 0.1) is 5.82 Å². The molecular weight excluding hydrogens is 241 g/mol. The van der Waals surface area contributed by atoms with Crippen molar-refractivity contribution in [3.8, 4) is 0 Å². The molecule has 0 heterocycles. The van der Waals surface area contributed by atoms with Crippen LogP contribution in [0.2, 0.25) is 0 Å². The molecule has 0 saturated carbocycles. The number of hydrogen-bond donors (Lipinski definition) is 3. The van der Waals surface area contributed by atoms with E-state index in [0.29, 0.717) is 4.90 Å². The van der Waals surface area contributed by atoms with E-state index in [-0.39, 0.29) is 24.2 Å². The average Bonchev–Trinajstić information content (AvgIpc) is 2.35. The molecule has 2 unspecified atom stereocenters. The zero-order chi connectivity index (χ0) is 12.8. The number of benzene rings is 1. The van der Waals surface area contributed by atoms with Crippen LogP contribution in [0.1, 0.15) is 18.5 Å². The van der Waals surface area contributed by atoms with Crippen molar-refractivity contribution in [2.24, 2.45) is 0 Å². The van der Waals surface area contributed by atoms with Crippen molar-refractivity contribution < 1.29 is 14.6 Å². The Balaban J connectivity index is 2.69. The first-order valence-corrected chi connectivity index (χ1v) is 6.45. The maximum absolute atomic E-state index is 13.7. The van der Waals surface area contributed by atoms with Crippen LogP contribution >= 0.6 is 11.8 Å². The molecule has 0 bridgehead atoms. The summed E-state index contributed by atoms with van der Waals surface area (Å²) in [5.74, 6) is -0.00585. The van der Waals surface area contributed by atoms with E-state index in [1.54, 1.807) is 6.07 Å². The molecule has 3 N–H and O–H groups in total. The molecule has 2 atom stereocenters. The lowest BCUT2D eigenvalue weighted by molar-refractivity contribution is 0.113. The number of halogens is 1. The summed E-state index contributed by atoms with van der Waals surface area (Å²) in [4.78, 5) is 0.490. The van der Waals surface area contributed by atoms with E-state index in [4.69, 9.17) is 5.11 Å². The SMILES string of the molecule is CNC(C)c1ccc(SCC(O)CO)c(F)c1. The zero-order valence-corrected chi connectivity index (χ0v) is 10.8. The summed E-state index contributed by atoms with van der Waals surface area (Å²) >= 11 is 1.20. The van der Waals surface area contributed by atoms with Gasteiger partial charge in [-0.2, -0.15) is 0 Å². The maximum atomic E-state index is 13.7. The molecule has 96 valence electrons. The standard InChI is InChI=1S/C12H18FNO2S/c1-8(14-2)9-3-4-12(11(13)5-9)17-7-10(16)6-15/h3-5,8,10,14-16H,6-7H2,1-2H3. The highest BCUT2D eigenvalue weighted by Crippen LogP contribution is 2.25. The molecule has 0 radical (unpaired) electrons. The Kier molecular flexibility index (Phi) is 5.91. The molecule has 0 aliphatic carbocycles. The number of rotatable bonds is 6. The highest BCUT2D eigenvalue weighted by Gasteiger charge is 2.10. The molecule has 5 heteroatoms. The van der Waals surface area contributed by atoms with Crippen molar-refractivity contribution in [2.45, 2.75) is 24.0 Å². The fourth-order valence-corrected chi connectivity index (χ4v) is 2.15. The first-order valence-electron chi connectivity index (χ1n) is 5.47. The quantitative estimate of drug-likeness (QED) is 0.679. The summed E-state index contributed by atoms with van der Waals surface area (Å²) < 4.78 is 13.7. The van der Waals surface area contributed by atoms with Gasteiger partial charge in [0.05, 0.1) is 12.7 Å². The fraction of sp³-hybridized carbons (Fsp3) is 0.500. The van der Waals surface area contributed by atoms with E-state index in [9.17, 15) is 9.50 Å². The van der Waals surface area contributed by atoms with Gasteiger partial charge in [-0.15, -0.1) is 11.8 Å². The minimum absolute atomic E-state index is 0.103. The average molecular weight is 259 g/mol. The lowest BCUT2D eigenvalue weighted by Gasteiger charge is -2.12. The first-order chi connectivity index (χ1) is 8.08. The van der Waals surface area contributed by atoms with Gasteiger partial charge in [0, 0.05) is 16.7 Å². The van der Waals surface area contributed by atoms with Crippen molar-refractivity contribution in [1.29, 1.82) is 0 Å². The van der Waals surface area contributed by atoms with E-state index in [0.717, 1.165) is 5.56 Å². The maximum Gasteiger partial charge on any atom is 0.137 e. The molecule has 1 aromatic carbocycles. The van der Waals surface area contributed by atoms with Crippen molar-refractivity contribution in [1.82, 2.24) is 5.32 Å². The monoisotopic (exact) mass is 259 g/mol. The predicted octanol–water partition coefficient (Wildman–Crippen LogP) is 1.55. The van der Waals surface area contributed by atoms with Gasteiger partial charge < -0.3 is 15.5 Å². The van der Waals surface area contributed by atoms with Gasteiger partial charge in [0.1, 0.15) is 5.82 Å². The summed E-state index contributed by atoms with van der Waals surface area (Å²) in [6, 6.07) is 5.16.